The Labute approximate surface area is 59.3 Å². The van der Waals surface area contributed by atoms with Gasteiger partial charge < -0.3 is 16.8 Å². The Morgan fingerprint density at radius 1 is 1.67 bits per heavy atom. The molecular formula is C4H10N4S. The second-order valence-corrected chi connectivity index (χ2v) is 1.86. The van der Waals surface area contributed by atoms with E-state index in [9.17, 15) is 0 Å². The molecule has 52 valence electrons. The van der Waals surface area contributed by atoms with Gasteiger partial charge in [-0.2, -0.15) is 0 Å². The first-order valence-corrected chi connectivity index (χ1v) is 2.91. The van der Waals surface area contributed by atoms with Gasteiger partial charge in [-0.05, 0) is 12.2 Å². The van der Waals surface area contributed by atoms with E-state index in [0.717, 1.165) is 13.1 Å². The fourth-order valence-electron chi connectivity index (χ4n) is 0.323. The molecule has 0 unspecified atom stereocenters. The largest absolute Gasteiger partial charge is 0.377 e. The molecule has 9 heavy (non-hydrogen) atoms. The number of nitrogens with one attached hydrogen (secondary N) is 1. The lowest BCUT2D eigenvalue weighted by atomic mass is 10.7. The second-order valence-electron chi connectivity index (χ2n) is 1.39. The number of rotatable bonds is 0. The standard InChI is InChI=1S/C3H6N2.CH4N2S/c1-2-5-3-4-1;2-1(3)4/h3H,1-2H2,(H,4,5);(H4,2,3,4). The highest BCUT2D eigenvalue weighted by atomic mass is 32.1. The van der Waals surface area contributed by atoms with Crippen molar-refractivity contribution in [1.29, 1.82) is 0 Å². The number of thiocarbonyl (C=S) groups is 1. The van der Waals surface area contributed by atoms with E-state index in [1.54, 1.807) is 6.34 Å². The maximum absolute atomic E-state index is 4.62. The van der Waals surface area contributed by atoms with Crippen molar-refractivity contribution < 1.29 is 0 Å². The van der Waals surface area contributed by atoms with E-state index < -0.39 is 0 Å². The predicted octanol–water partition coefficient (Wildman–Crippen LogP) is -1.19. The summed E-state index contributed by atoms with van der Waals surface area (Å²) in [6.45, 7) is 1.99. The summed E-state index contributed by atoms with van der Waals surface area (Å²) in [5, 5.41) is 2.93. The summed E-state index contributed by atoms with van der Waals surface area (Å²) in [6, 6.07) is 0. The molecule has 0 atom stereocenters. The monoisotopic (exact) mass is 146 g/mol. The topological polar surface area (TPSA) is 76.4 Å². The first-order valence-electron chi connectivity index (χ1n) is 2.50. The number of nitrogens with two attached hydrogens (primary N) is 2. The van der Waals surface area contributed by atoms with Crippen LogP contribution in [-0.2, 0) is 0 Å². The zero-order valence-electron chi connectivity index (χ0n) is 5.00. The summed E-state index contributed by atoms with van der Waals surface area (Å²) >= 11 is 4.09. The van der Waals surface area contributed by atoms with Crippen LogP contribution in [0.4, 0.5) is 0 Å². The molecule has 5 N–H and O–H groups in total. The summed E-state index contributed by atoms with van der Waals surface area (Å²) < 4.78 is 0. The van der Waals surface area contributed by atoms with Gasteiger partial charge in [-0.1, -0.05) is 0 Å². The Kier molecular flexibility index (Phi) is 4.81. The first kappa shape index (κ1) is 8.16. The van der Waals surface area contributed by atoms with E-state index in [4.69, 9.17) is 0 Å². The quantitative estimate of drug-likeness (QED) is 0.375. The SMILES string of the molecule is C1=NCCN1.NC(N)=S. The minimum atomic E-state index is 0.000000000000000222. The Hall–Kier alpha value is -0.840. The molecule has 0 amide bonds. The van der Waals surface area contributed by atoms with Crippen LogP contribution in [-0.4, -0.2) is 24.5 Å². The van der Waals surface area contributed by atoms with Crippen molar-refractivity contribution in [3.63, 3.8) is 0 Å². The van der Waals surface area contributed by atoms with Crippen LogP contribution in [0.2, 0.25) is 0 Å². The molecular weight excluding hydrogens is 136 g/mol. The normalized spacial score (nSPS) is 13.3. The summed E-state index contributed by atoms with van der Waals surface area (Å²) in [6.07, 6.45) is 1.74. The van der Waals surface area contributed by atoms with Crippen LogP contribution in [0.1, 0.15) is 0 Å². The number of hydrogen-bond acceptors (Lipinski definition) is 3. The molecule has 1 aliphatic rings. The van der Waals surface area contributed by atoms with Crippen LogP contribution < -0.4 is 16.8 Å². The molecule has 0 bridgehead atoms. The van der Waals surface area contributed by atoms with E-state index in [0.29, 0.717) is 0 Å². The summed E-state index contributed by atoms with van der Waals surface area (Å²) in [7, 11) is 0. The molecule has 1 heterocycles. The minimum Gasteiger partial charge on any atom is -0.377 e. The molecule has 0 aromatic rings. The summed E-state index contributed by atoms with van der Waals surface area (Å²) in [5.74, 6) is 0. The van der Waals surface area contributed by atoms with Crippen molar-refractivity contribution in [1.82, 2.24) is 5.32 Å². The van der Waals surface area contributed by atoms with Crippen LogP contribution in [0.5, 0.6) is 0 Å². The van der Waals surface area contributed by atoms with Crippen molar-refractivity contribution >= 4 is 23.7 Å². The van der Waals surface area contributed by atoms with Crippen LogP contribution in [0, 0.1) is 0 Å². The Balaban J connectivity index is 0.000000148. The molecule has 0 radical (unpaired) electrons. The van der Waals surface area contributed by atoms with E-state index >= 15 is 0 Å². The molecule has 0 saturated carbocycles. The number of nitrogens with zero attached hydrogens (tertiary/aromatic N) is 1. The van der Waals surface area contributed by atoms with Gasteiger partial charge in [-0.3, -0.25) is 4.99 Å². The van der Waals surface area contributed by atoms with Crippen LogP contribution in [0.3, 0.4) is 0 Å². The lowest BCUT2D eigenvalue weighted by Gasteiger charge is -1.75. The lowest BCUT2D eigenvalue weighted by Crippen LogP contribution is -2.18. The van der Waals surface area contributed by atoms with Gasteiger partial charge >= 0.3 is 0 Å². The Morgan fingerprint density at radius 2 is 2.22 bits per heavy atom. The first-order chi connectivity index (χ1) is 4.23. The van der Waals surface area contributed by atoms with Crippen molar-refractivity contribution in [3.8, 4) is 0 Å². The van der Waals surface area contributed by atoms with Crippen LogP contribution >= 0.6 is 12.2 Å². The lowest BCUT2D eigenvalue weighted by molar-refractivity contribution is 0.965. The van der Waals surface area contributed by atoms with Crippen molar-refractivity contribution in [2.24, 2.45) is 16.5 Å². The van der Waals surface area contributed by atoms with Gasteiger partial charge in [0, 0.05) is 6.54 Å². The average Bonchev–Trinajstić information content (AvgIpc) is 2.11. The highest BCUT2D eigenvalue weighted by molar-refractivity contribution is 7.80. The predicted molar refractivity (Wildman–Crippen MR) is 42.3 cm³/mol. The fourth-order valence-corrected chi connectivity index (χ4v) is 0.323. The molecule has 0 aromatic carbocycles. The van der Waals surface area contributed by atoms with Gasteiger partial charge in [0.25, 0.3) is 0 Å². The average molecular weight is 146 g/mol. The zero-order valence-corrected chi connectivity index (χ0v) is 5.82. The Bertz CT molecular complexity index is 101. The highest BCUT2D eigenvalue weighted by Crippen LogP contribution is 1.68. The van der Waals surface area contributed by atoms with Gasteiger partial charge in [0.1, 0.15) is 0 Å². The molecule has 0 aliphatic carbocycles. The van der Waals surface area contributed by atoms with E-state index in [-0.39, 0.29) is 5.11 Å². The second kappa shape index (κ2) is 5.30. The van der Waals surface area contributed by atoms with E-state index in [1.165, 1.54) is 0 Å². The third kappa shape index (κ3) is 11.0. The molecule has 4 nitrogen and oxygen atoms in total. The molecule has 0 spiro atoms. The smallest absolute Gasteiger partial charge is 0.160 e. The zero-order chi connectivity index (χ0) is 7.11. The molecule has 1 rings (SSSR count). The summed E-state index contributed by atoms with van der Waals surface area (Å²) in [4.78, 5) is 3.85. The number of aliphatic imine (C=N–C) groups is 1. The van der Waals surface area contributed by atoms with Gasteiger partial charge in [0.05, 0.1) is 12.9 Å². The molecule has 5 heteroatoms. The minimum absolute atomic E-state index is 0.000000000000000222. The van der Waals surface area contributed by atoms with Gasteiger partial charge in [0.2, 0.25) is 0 Å². The fraction of sp³-hybridized carbons (Fsp3) is 0.500. The van der Waals surface area contributed by atoms with Gasteiger partial charge in [0.15, 0.2) is 5.11 Å². The van der Waals surface area contributed by atoms with Crippen molar-refractivity contribution in [2.75, 3.05) is 13.1 Å². The molecule has 0 aromatic heterocycles. The maximum Gasteiger partial charge on any atom is 0.160 e. The van der Waals surface area contributed by atoms with Gasteiger partial charge in [-0.15, -0.1) is 0 Å². The third-order valence-electron chi connectivity index (χ3n) is 0.568. The van der Waals surface area contributed by atoms with Gasteiger partial charge in [-0.25, -0.2) is 0 Å². The van der Waals surface area contributed by atoms with Crippen molar-refractivity contribution in [3.05, 3.63) is 0 Å². The third-order valence-corrected chi connectivity index (χ3v) is 0.568. The van der Waals surface area contributed by atoms with Crippen molar-refractivity contribution in [2.45, 2.75) is 0 Å². The molecule has 1 aliphatic heterocycles. The van der Waals surface area contributed by atoms with Crippen LogP contribution in [0.25, 0.3) is 0 Å². The molecule has 0 saturated heterocycles. The van der Waals surface area contributed by atoms with E-state index in [1.807, 2.05) is 0 Å². The maximum atomic E-state index is 4.62. The summed E-state index contributed by atoms with van der Waals surface area (Å²) in [5.41, 5.74) is 9.24. The van der Waals surface area contributed by atoms with Crippen LogP contribution in [0.15, 0.2) is 4.99 Å². The Morgan fingerprint density at radius 3 is 2.33 bits per heavy atom. The van der Waals surface area contributed by atoms with E-state index in [2.05, 4.69) is 34.0 Å². The molecule has 0 fully saturated rings. The number of hydrogen-bond donors (Lipinski definition) is 3. The highest BCUT2D eigenvalue weighted by Gasteiger charge is 1.82.